The minimum absolute atomic E-state index is 0.118. The van der Waals surface area contributed by atoms with Crippen molar-refractivity contribution in [1.82, 2.24) is 0 Å². The molecular formula is C10H17F2NO2. The average molecular weight is 221 g/mol. The second-order valence-electron chi connectivity index (χ2n) is 3.96. The van der Waals surface area contributed by atoms with E-state index in [-0.39, 0.29) is 32.3 Å². The first-order valence-corrected chi connectivity index (χ1v) is 5.26. The van der Waals surface area contributed by atoms with Crippen LogP contribution in [0, 0.1) is 5.92 Å². The van der Waals surface area contributed by atoms with Crippen molar-refractivity contribution >= 4 is 5.97 Å². The summed E-state index contributed by atoms with van der Waals surface area (Å²) in [6, 6.07) is -0.502. The predicted molar refractivity (Wildman–Crippen MR) is 51.5 cm³/mol. The Morgan fingerprint density at radius 1 is 1.47 bits per heavy atom. The Morgan fingerprint density at radius 3 is 2.67 bits per heavy atom. The molecule has 15 heavy (non-hydrogen) atoms. The molecule has 0 aliphatic heterocycles. The summed E-state index contributed by atoms with van der Waals surface area (Å²) in [5, 5.41) is 0. The molecule has 0 amide bonds. The number of rotatable bonds is 2. The molecule has 0 radical (unpaired) electrons. The first kappa shape index (κ1) is 12.4. The number of halogens is 2. The molecule has 0 unspecified atom stereocenters. The molecule has 1 aliphatic rings. The van der Waals surface area contributed by atoms with Crippen molar-refractivity contribution < 1.29 is 18.3 Å². The summed E-state index contributed by atoms with van der Waals surface area (Å²) in [6.45, 7) is 1.95. The molecule has 0 aromatic rings. The lowest BCUT2D eigenvalue weighted by Crippen LogP contribution is -2.35. The maximum absolute atomic E-state index is 13.1. The van der Waals surface area contributed by atoms with Crippen LogP contribution in [0.5, 0.6) is 0 Å². The van der Waals surface area contributed by atoms with E-state index in [9.17, 15) is 13.6 Å². The standard InChI is InChI=1S/C10H17F2NO2/c1-2-15-9(14)7-3-5-10(11,12)6-4-8(7)13/h7-8H,2-6,13H2,1H3/t7-,8+/m1/s1. The Kier molecular flexibility index (Phi) is 4.02. The van der Waals surface area contributed by atoms with Gasteiger partial charge in [-0.1, -0.05) is 0 Å². The van der Waals surface area contributed by atoms with Crippen LogP contribution in [0.4, 0.5) is 8.78 Å². The number of alkyl halides is 2. The second-order valence-corrected chi connectivity index (χ2v) is 3.96. The van der Waals surface area contributed by atoms with Gasteiger partial charge in [0.05, 0.1) is 12.5 Å². The number of esters is 1. The van der Waals surface area contributed by atoms with Crippen molar-refractivity contribution in [2.45, 2.75) is 44.6 Å². The Hall–Kier alpha value is -0.710. The van der Waals surface area contributed by atoms with Crippen LogP contribution in [0.15, 0.2) is 0 Å². The van der Waals surface area contributed by atoms with Gasteiger partial charge in [0.2, 0.25) is 5.92 Å². The van der Waals surface area contributed by atoms with Gasteiger partial charge in [0.15, 0.2) is 0 Å². The highest BCUT2D eigenvalue weighted by Crippen LogP contribution is 2.34. The van der Waals surface area contributed by atoms with Gasteiger partial charge < -0.3 is 10.5 Å². The molecule has 0 spiro atoms. The van der Waals surface area contributed by atoms with Crippen LogP contribution in [0.1, 0.15) is 32.6 Å². The van der Waals surface area contributed by atoms with Crippen molar-refractivity contribution in [3.8, 4) is 0 Å². The number of hydrogen-bond acceptors (Lipinski definition) is 3. The fourth-order valence-corrected chi connectivity index (χ4v) is 1.83. The molecule has 88 valence electrons. The number of carbonyl (C=O) groups excluding carboxylic acids is 1. The van der Waals surface area contributed by atoms with Crippen LogP contribution in [0.3, 0.4) is 0 Å². The van der Waals surface area contributed by atoms with Crippen LogP contribution < -0.4 is 5.73 Å². The smallest absolute Gasteiger partial charge is 0.310 e. The van der Waals surface area contributed by atoms with Gasteiger partial charge in [0.1, 0.15) is 0 Å². The lowest BCUT2D eigenvalue weighted by Gasteiger charge is -2.18. The van der Waals surface area contributed by atoms with Crippen molar-refractivity contribution in [3.05, 3.63) is 0 Å². The highest BCUT2D eigenvalue weighted by atomic mass is 19.3. The summed E-state index contributed by atoms with van der Waals surface area (Å²) >= 11 is 0. The largest absolute Gasteiger partial charge is 0.466 e. The summed E-state index contributed by atoms with van der Waals surface area (Å²) in [5.41, 5.74) is 5.70. The van der Waals surface area contributed by atoms with Crippen LogP contribution in [-0.4, -0.2) is 24.5 Å². The van der Waals surface area contributed by atoms with Crippen molar-refractivity contribution in [2.75, 3.05) is 6.61 Å². The van der Waals surface area contributed by atoms with Gasteiger partial charge >= 0.3 is 5.97 Å². The minimum Gasteiger partial charge on any atom is -0.466 e. The number of ether oxygens (including phenoxy) is 1. The van der Waals surface area contributed by atoms with Gasteiger partial charge in [0, 0.05) is 18.9 Å². The zero-order valence-corrected chi connectivity index (χ0v) is 8.84. The molecule has 3 nitrogen and oxygen atoms in total. The molecule has 1 fully saturated rings. The Labute approximate surface area is 88.0 Å². The molecular weight excluding hydrogens is 204 g/mol. The molecule has 0 aromatic heterocycles. The molecule has 1 aliphatic carbocycles. The molecule has 0 saturated heterocycles. The SMILES string of the molecule is CCOC(=O)[C@@H]1CCC(F)(F)CC[C@@H]1N. The minimum atomic E-state index is -2.68. The Bertz CT molecular complexity index is 233. The van der Waals surface area contributed by atoms with E-state index in [0.29, 0.717) is 0 Å². The number of carbonyl (C=O) groups is 1. The van der Waals surface area contributed by atoms with E-state index < -0.39 is 23.9 Å². The van der Waals surface area contributed by atoms with Crippen molar-refractivity contribution in [2.24, 2.45) is 11.7 Å². The van der Waals surface area contributed by atoms with E-state index >= 15 is 0 Å². The maximum Gasteiger partial charge on any atom is 0.310 e. The highest BCUT2D eigenvalue weighted by Gasteiger charge is 2.38. The van der Waals surface area contributed by atoms with E-state index in [0.717, 1.165) is 0 Å². The van der Waals surface area contributed by atoms with Gasteiger partial charge in [-0.25, -0.2) is 8.78 Å². The van der Waals surface area contributed by atoms with E-state index in [2.05, 4.69) is 0 Å². The van der Waals surface area contributed by atoms with Crippen LogP contribution in [0.2, 0.25) is 0 Å². The third kappa shape index (κ3) is 3.41. The molecule has 0 bridgehead atoms. The molecule has 2 N–H and O–H groups in total. The summed E-state index contributed by atoms with van der Waals surface area (Å²) in [5.74, 6) is -3.69. The Balaban J connectivity index is 2.61. The van der Waals surface area contributed by atoms with E-state index in [1.54, 1.807) is 6.92 Å². The molecule has 1 rings (SSSR count). The third-order valence-electron chi connectivity index (χ3n) is 2.77. The lowest BCUT2D eigenvalue weighted by molar-refractivity contribution is -0.149. The van der Waals surface area contributed by atoms with Gasteiger partial charge in [-0.05, 0) is 19.8 Å². The third-order valence-corrected chi connectivity index (χ3v) is 2.77. The first-order valence-electron chi connectivity index (χ1n) is 5.26. The predicted octanol–water partition coefficient (Wildman–Crippen LogP) is 1.70. The van der Waals surface area contributed by atoms with Crippen molar-refractivity contribution in [1.29, 1.82) is 0 Å². The number of hydrogen-bond donors (Lipinski definition) is 1. The fraction of sp³-hybridized carbons (Fsp3) is 0.900. The quantitative estimate of drug-likeness (QED) is 0.570. The first-order chi connectivity index (χ1) is 6.96. The zero-order chi connectivity index (χ0) is 11.5. The summed E-state index contributed by atoms with van der Waals surface area (Å²) in [7, 11) is 0. The van der Waals surface area contributed by atoms with Gasteiger partial charge in [0.25, 0.3) is 0 Å². The lowest BCUT2D eigenvalue weighted by atomic mass is 9.96. The Morgan fingerprint density at radius 2 is 2.07 bits per heavy atom. The zero-order valence-electron chi connectivity index (χ0n) is 8.84. The maximum atomic E-state index is 13.1. The van der Waals surface area contributed by atoms with Crippen LogP contribution >= 0.6 is 0 Å². The van der Waals surface area contributed by atoms with Gasteiger partial charge in [-0.3, -0.25) is 4.79 Å². The van der Waals surface area contributed by atoms with E-state index in [1.807, 2.05) is 0 Å². The van der Waals surface area contributed by atoms with Crippen LogP contribution in [-0.2, 0) is 9.53 Å². The topological polar surface area (TPSA) is 52.3 Å². The van der Waals surface area contributed by atoms with Crippen molar-refractivity contribution in [3.63, 3.8) is 0 Å². The normalized spacial score (nSPS) is 30.7. The average Bonchev–Trinajstić information content (AvgIpc) is 2.27. The van der Waals surface area contributed by atoms with E-state index in [1.165, 1.54) is 0 Å². The summed E-state index contributed by atoms with van der Waals surface area (Å²) in [4.78, 5) is 11.4. The van der Waals surface area contributed by atoms with Gasteiger partial charge in [-0.15, -0.1) is 0 Å². The van der Waals surface area contributed by atoms with Gasteiger partial charge in [-0.2, -0.15) is 0 Å². The summed E-state index contributed by atoms with van der Waals surface area (Å²) in [6.07, 6.45) is -0.211. The second kappa shape index (κ2) is 4.88. The molecule has 0 heterocycles. The van der Waals surface area contributed by atoms with E-state index in [4.69, 9.17) is 10.5 Å². The molecule has 0 aromatic carbocycles. The summed E-state index contributed by atoms with van der Waals surface area (Å²) < 4.78 is 30.9. The molecule has 1 saturated carbocycles. The fourth-order valence-electron chi connectivity index (χ4n) is 1.83. The monoisotopic (exact) mass is 221 g/mol. The number of nitrogens with two attached hydrogens (primary N) is 1. The highest BCUT2D eigenvalue weighted by molar-refractivity contribution is 5.73. The molecule has 5 heteroatoms. The molecule has 2 atom stereocenters. The van der Waals surface area contributed by atoms with Crippen LogP contribution in [0.25, 0.3) is 0 Å².